The first-order valence-electron chi connectivity index (χ1n) is 22.4. The molecule has 1 atom stereocenters. The van der Waals surface area contributed by atoms with Crippen LogP contribution in [-0.2, 0) is 0 Å². The number of para-hydroxylation sites is 1. The summed E-state index contributed by atoms with van der Waals surface area (Å²) in [6.45, 7) is 0. The van der Waals surface area contributed by atoms with Crippen molar-refractivity contribution in [1.82, 2.24) is 9.88 Å². The number of thiophene rings is 1. The van der Waals surface area contributed by atoms with Crippen LogP contribution in [0.2, 0.25) is 0 Å². The Morgan fingerprint density at radius 3 is 1.77 bits per heavy atom. The van der Waals surface area contributed by atoms with Gasteiger partial charge in [-0.1, -0.05) is 194 Å². The van der Waals surface area contributed by atoms with Gasteiger partial charge in [0.15, 0.2) is 5.84 Å². The monoisotopic (exact) mass is 860 g/mol. The van der Waals surface area contributed by atoms with E-state index in [-0.39, 0.29) is 0 Å². The zero-order chi connectivity index (χ0) is 43.6. The fourth-order valence-corrected chi connectivity index (χ4v) is 11.2. The molecule has 66 heavy (non-hydrogen) atoms. The van der Waals surface area contributed by atoms with E-state index in [1.165, 1.54) is 58.3 Å². The van der Waals surface area contributed by atoms with E-state index in [0.717, 1.165) is 56.0 Å². The molecule has 3 heterocycles. The van der Waals surface area contributed by atoms with Crippen molar-refractivity contribution < 1.29 is 0 Å². The van der Waals surface area contributed by atoms with Crippen molar-refractivity contribution in [1.29, 1.82) is 0 Å². The van der Waals surface area contributed by atoms with Gasteiger partial charge in [-0.15, -0.1) is 11.3 Å². The summed E-state index contributed by atoms with van der Waals surface area (Å²) in [6.07, 6.45) is -0.461. The predicted octanol–water partition coefficient (Wildman–Crippen LogP) is 15.8. The SMILES string of the molecule is c1ccc(-c2ccccc2C2=NC(c3ccc(-n4c5ccccc5c5cc6ccccc6cc54)c(-c4cccc5c4sc4ccccc45)c3)NC(c3ccccc3-c3ccccc3)=N2)cc1. The lowest BCUT2D eigenvalue weighted by atomic mass is 9.95. The summed E-state index contributed by atoms with van der Waals surface area (Å²) in [4.78, 5) is 11.0. The van der Waals surface area contributed by atoms with E-state index >= 15 is 0 Å². The molecular formula is C61H40N4S. The van der Waals surface area contributed by atoms with E-state index in [0.29, 0.717) is 5.84 Å². The number of benzene rings is 10. The normalized spacial score (nSPS) is 13.9. The van der Waals surface area contributed by atoms with Crippen molar-refractivity contribution >= 4 is 75.8 Å². The van der Waals surface area contributed by atoms with Gasteiger partial charge in [0.05, 0.1) is 16.7 Å². The number of hydrogen-bond acceptors (Lipinski definition) is 4. The van der Waals surface area contributed by atoms with E-state index in [9.17, 15) is 0 Å². The molecular weight excluding hydrogens is 821 g/mol. The summed E-state index contributed by atoms with van der Waals surface area (Å²) in [5.74, 6) is 1.46. The average molecular weight is 861 g/mol. The third-order valence-electron chi connectivity index (χ3n) is 13.1. The van der Waals surface area contributed by atoms with Crippen LogP contribution >= 0.6 is 11.3 Å². The second kappa shape index (κ2) is 15.7. The van der Waals surface area contributed by atoms with Crippen LogP contribution in [0.15, 0.2) is 241 Å². The molecule has 10 aromatic carbocycles. The smallest absolute Gasteiger partial charge is 0.160 e. The van der Waals surface area contributed by atoms with Gasteiger partial charge < -0.3 is 9.88 Å². The van der Waals surface area contributed by atoms with Gasteiger partial charge in [0.25, 0.3) is 0 Å². The van der Waals surface area contributed by atoms with Crippen LogP contribution < -0.4 is 5.32 Å². The molecule has 12 aromatic rings. The summed E-state index contributed by atoms with van der Waals surface area (Å²) in [7, 11) is 0. The van der Waals surface area contributed by atoms with Gasteiger partial charge in [0, 0.05) is 53.2 Å². The highest BCUT2D eigenvalue weighted by Crippen LogP contribution is 2.45. The molecule has 0 spiro atoms. The van der Waals surface area contributed by atoms with E-state index in [4.69, 9.17) is 9.98 Å². The summed E-state index contributed by atoms with van der Waals surface area (Å²) in [6, 6.07) is 82.9. The molecule has 1 aliphatic heterocycles. The molecule has 0 bridgehead atoms. The second-order valence-corrected chi connectivity index (χ2v) is 18.0. The van der Waals surface area contributed by atoms with Gasteiger partial charge in [0.2, 0.25) is 0 Å². The molecule has 13 rings (SSSR count). The zero-order valence-electron chi connectivity index (χ0n) is 35.8. The van der Waals surface area contributed by atoms with Gasteiger partial charge in [-0.3, -0.25) is 0 Å². The maximum absolute atomic E-state index is 5.56. The number of nitrogens with one attached hydrogen (secondary N) is 1. The highest BCUT2D eigenvalue weighted by molar-refractivity contribution is 7.26. The van der Waals surface area contributed by atoms with E-state index < -0.39 is 6.17 Å². The number of aliphatic imine (C=N–C) groups is 2. The van der Waals surface area contributed by atoms with Gasteiger partial charge >= 0.3 is 0 Å². The van der Waals surface area contributed by atoms with Crippen molar-refractivity contribution in [2.45, 2.75) is 6.17 Å². The van der Waals surface area contributed by atoms with Gasteiger partial charge in [-0.25, -0.2) is 9.98 Å². The number of hydrogen-bond donors (Lipinski definition) is 1. The summed E-state index contributed by atoms with van der Waals surface area (Å²) >= 11 is 1.86. The topological polar surface area (TPSA) is 41.7 Å². The Kier molecular flexibility index (Phi) is 9.07. The number of rotatable bonds is 7. The van der Waals surface area contributed by atoms with Crippen LogP contribution in [0.5, 0.6) is 0 Å². The molecule has 1 unspecified atom stereocenters. The molecule has 0 amide bonds. The first-order chi connectivity index (χ1) is 32.7. The van der Waals surface area contributed by atoms with Crippen molar-refractivity contribution in [3.8, 4) is 39.1 Å². The molecule has 1 aliphatic rings. The molecule has 310 valence electrons. The molecule has 2 aromatic heterocycles. The Morgan fingerprint density at radius 2 is 1.00 bits per heavy atom. The average Bonchev–Trinajstić information content (AvgIpc) is 3.93. The minimum Gasteiger partial charge on any atom is -0.344 e. The molecule has 0 saturated carbocycles. The van der Waals surface area contributed by atoms with Crippen molar-refractivity contribution in [2.75, 3.05) is 0 Å². The number of fused-ring (bicyclic) bond motifs is 7. The van der Waals surface area contributed by atoms with E-state index in [1.807, 2.05) is 11.3 Å². The van der Waals surface area contributed by atoms with Gasteiger partial charge in [-0.2, -0.15) is 0 Å². The Labute approximate surface area is 386 Å². The number of amidine groups is 2. The lowest BCUT2D eigenvalue weighted by Gasteiger charge is -2.26. The van der Waals surface area contributed by atoms with Crippen LogP contribution in [0.4, 0.5) is 0 Å². The predicted molar refractivity (Wildman–Crippen MR) is 279 cm³/mol. The Morgan fingerprint density at radius 1 is 0.409 bits per heavy atom. The minimum absolute atomic E-state index is 0.461. The first kappa shape index (κ1) is 38.1. The van der Waals surface area contributed by atoms with Crippen LogP contribution in [-0.4, -0.2) is 16.2 Å². The molecule has 0 saturated heterocycles. The molecule has 0 radical (unpaired) electrons. The standard InChI is InChI=1S/C61H40N4S/c1-3-18-39(19-4-1)44-24-9-11-28-50(44)60-62-59(63-61(64-60)51-29-12-10-25-45(51)40-20-5-2-6-21-40)43-34-35-55(53(37-43)49-31-17-30-48-47-27-14-16-33-57(47)66-58(48)49)65-54-32-15-13-26-46(54)52-36-41-22-7-8-23-42(41)38-56(52)65/h1-38,59H,(H,62,63,64). The Bertz CT molecular complexity index is 3920. The van der Waals surface area contributed by atoms with Crippen LogP contribution in [0, 0.1) is 0 Å². The first-order valence-corrected chi connectivity index (χ1v) is 23.2. The molecule has 4 nitrogen and oxygen atoms in total. The maximum atomic E-state index is 5.56. The lowest BCUT2D eigenvalue weighted by Crippen LogP contribution is -2.34. The third-order valence-corrected chi connectivity index (χ3v) is 14.3. The third kappa shape index (κ3) is 6.35. The summed E-state index contributed by atoms with van der Waals surface area (Å²) in [5, 5.41) is 11.3. The van der Waals surface area contributed by atoms with E-state index in [2.05, 4.69) is 240 Å². The largest absolute Gasteiger partial charge is 0.344 e. The summed E-state index contributed by atoms with van der Waals surface area (Å²) < 4.78 is 5.02. The number of aromatic nitrogens is 1. The highest BCUT2D eigenvalue weighted by atomic mass is 32.1. The van der Waals surface area contributed by atoms with Crippen LogP contribution in [0.1, 0.15) is 22.9 Å². The zero-order valence-corrected chi connectivity index (χ0v) is 36.6. The highest BCUT2D eigenvalue weighted by Gasteiger charge is 2.27. The Balaban J connectivity index is 1.07. The fraction of sp³-hybridized carbons (Fsp3) is 0.0164. The van der Waals surface area contributed by atoms with Crippen molar-refractivity contribution in [2.24, 2.45) is 9.98 Å². The quantitative estimate of drug-likeness (QED) is 0.170. The maximum Gasteiger partial charge on any atom is 0.160 e. The summed E-state index contributed by atoms with van der Waals surface area (Å²) in [5.41, 5.74) is 13.3. The Hall–Kier alpha value is -8.38. The molecule has 5 heteroatoms. The van der Waals surface area contributed by atoms with Crippen LogP contribution in [0.3, 0.4) is 0 Å². The fourth-order valence-electron chi connectivity index (χ4n) is 9.99. The molecule has 0 aliphatic carbocycles. The van der Waals surface area contributed by atoms with Gasteiger partial charge in [0.1, 0.15) is 12.0 Å². The van der Waals surface area contributed by atoms with Crippen molar-refractivity contribution in [3.05, 3.63) is 247 Å². The van der Waals surface area contributed by atoms with Gasteiger partial charge in [-0.05, 0) is 75.0 Å². The van der Waals surface area contributed by atoms with Crippen molar-refractivity contribution in [3.63, 3.8) is 0 Å². The molecule has 0 fully saturated rings. The lowest BCUT2D eigenvalue weighted by molar-refractivity contribution is 0.674. The minimum atomic E-state index is -0.461. The molecule has 1 N–H and O–H groups in total. The number of nitrogens with zero attached hydrogens (tertiary/aromatic N) is 3. The second-order valence-electron chi connectivity index (χ2n) is 16.9. The van der Waals surface area contributed by atoms with E-state index in [1.54, 1.807) is 0 Å². The van der Waals surface area contributed by atoms with Crippen LogP contribution in [0.25, 0.3) is 91.8 Å².